The van der Waals surface area contributed by atoms with Crippen LogP contribution in [0.5, 0.6) is 5.75 Å². The van der Waals surface area contributed by atoms with E-state index in [2.05, 4.69) is 10.6 Å². The zero-order chi connectivity index (χ0) is 18.4. The molecule has 2 rings (SSSR count). The number of benzene rings is 2. The van der Waals surface area contributed by atoms with Crippen LogP contribution in [0.3, 0.4) is 0 Å². The molecule has 0 aliphatic heterocycles. The van der Waals surface area contributed by atoms with E-state index in [1.165, 1.54) is 18.2 Å². The minimum Gasteiger partial charge on any atom is -0.491 e. The Balaban J connectivity index is 1.96. The van der Waals surface area contributed by atoms with E-state index in [1.54, 1.807) is 13.0 Å². The van der Waals surface area contributed by atoms with Crippen LogP contribution in [-0.4, -0.2) is 17.9 Å². The van der Waals surface area contributed by atoms with E-state index in [0.29, 0.717) is 11.3 Å². The van der Waals surface area contributed by atoms with Crippen molar-refractivity contribution in [2.45, 2.75) is 33.4 Å². The number of para-hydroxylation sites is 1. The van der Waals surface area contributed by atoms with Gasteiger partial charge in [0.1, 0.15) is 11.6 Å². The first-order valence-corrected chi connectivity index (χ1v) is 7.96. The van der Waals surface area contributed by atoms with Gasteiger partial charge in [-0.25, -0.2) is 4.39 Å². The molecule has 132 valence electrons. The van der Waals surface area contributed by atoms with Gasteiger partial charge in [0.2, 0.25) is 0 Å². The van der Waals surface area contributed by atoms with Crippen molar-refractivity contribution in [3.63, 3.8) is 0 Å². The van der Waals surface area contributed by atoms with Crippen molar-refractivity contribution in [2.24, 2.45) is 0 Å². The van der Waals surface area contributed by atoms with Crippen LogP contribution in [0.1, 0.15) is 25.0 Å². The SMILES string of the molecule is Cc1ccc(NC(=O)C(=O)NCc2ccccc2OC(C)C)cc1F. The second-order valence-corrected chi connectivity index (χ2v) is 5.88. The number of nitrogens with one attached hydrogen (secondary N) is 2. The van der Waals surface area contributed by atoms with E-state index in [4.69, 9.17) is 4.74 Å². The third-order valence-electron chi connectivity index (χ3n) is 3.41. The van der Waals surface area contributed by atoms with Crippen LogP contribution in [-0.2, 0) is 16.1 Å². The van der Waals surface area contributed by atoms with Gasteiger partial charge in [0.15, 0.2) is 0 Å². The van der Waals surface area contributed by atoms with Gasteiger partial charge in [0, 0.05) is 17.8 Å². The van der Waals surface area contributed by atoms with Crippen LogP contribution < -0.4 is 15.4 Å². The highest BCUT2D eigenvalue weighted by Gasteiger charge is 2.15. The lowest BCUT2D eigenvalue weighted by Crippen LogP contribution is -2.35. The maximum absolute atomic E-state index is 13.5. The van der Waals surface area contributed by atoms with Crippen LogP contribution in [0.15, 0.2) is 42.5 Å². The maximum Gasteiger partial charge on any atom is 0.313 e. The van der Waals surface area contributed by atoms with Crippen LogP contribution in [0.4, 0.5) is 10.1 Å². The van der Waals surface area contributed by atoms with Crippen molar-refractivity contribution in [3.05, 3.63) is 59.4 Å². The van der Waals surface area contributed by atoms with Crippen molar-refractivity contribution in [3.8, 4) is 5.75 Å². The first kappa shape index (κ1) is 18.4. The molecule has 2 N–H and O–H groups in total. The molecule has 0 spiro atoms. The summed E-state index contributed by atoms with van der Waals surface area (Å²) in [5, 5.41) is 4.90. The second-order valence-electron chi connectivity index (χ2n) is 5.88. The monoisotopic (exact) mass is 344 g/mol. The number of ether oxygens (including phenoxy) is 1. The van der Waals surface area contributed by atoms with Crippen LogP contribution in [0.2, 0.25) is 0 Å². The van der Waals surface area contributed by atoms with Crippen molar-refractivity contribution in [1.29, 1.82) is 0 Å². The summed E-state index contributed by atoms with van der Waals surface area (Å²) in [4.78, 5) is 23.9. The van der Waals surface area contributed by atoms with Crippen molar-refractivity contribution in [1.82, 2.24) is 5.32 Å². The summed E-state index contributed by atoms with van der Waals surface area (Å²) in [6.07, 6.45) is -0.00316. The van der Waals surface area contributed by atoms with E-state index in [0.717, 1.165) is 5.56 Å². The predicted octanol–water partition coefficient (Wildman–Crippen LogP) is 3.18. The Morgan fingerprint density at radius 1 is 1.12 bits per heavy atom. The predicted molar refractivity (Wildman–Crippen MR) is 93.8 cm³/mol. The van der Waals surface area contributed by atoms with Crippen molar-refractivity contribution >= 4 is 17.5 Å². The molecule has 0 fully saturated rings. The van der Waals surface area contributed by atoms with Gasteiger partial charge in [0.05, 0.1) is 6.10 Å². The molecule has 0 aliphatic carbocycles. The van der Waals surface area contributed by atoms with Crippen molar-refractivity contribution in [2.75, 3.05) is 5.32 Å². The summed E-state index contributed by atoms with van der Waals surface area (Å²) < 4.78 is 19.1. The number of aryl methyl sites for hydroxylation is 1. The molecular formula is C19H21FN2O3. The number of halogens is 1. The summed E-state index contributed by atoms with van der Waals surface area (Å²) in [5.74, 6) is -1.46. The van der Waals surface area contributed by atoms with Gasteiger partial charge in [0.25, 0.3) is 0 Å². The van der Waals surface area contributed by atoms with Gasteiger partial charge < -0.3 is 15.4 Å². The van der Waals surface area contributed by atoms with E-state index in [9.17, 15) is 14.0 Å². The van der Waals surface area contributed by atoms with E-state index in [1.807, 2.05) is 32.0 Å². The van der Waals surface area contributed by atoms with Crippen molar-refractivity contribution < 1.29 is 18.7 Å². The normalized spacial score (nSPS) is 10.4. The summed E-state index contributed by atoms with van der Waals surface area (Å²) >= 11 is 0. The van der Waals surface area contributed by atoms with Crippen LogP contribution in [0.25, 0.3) is 0 Å². The van der Waals surface area contributed by atoms with Gasteiger partial charge in [-0.15, -0.1) is 0 Å². The van der Waals surface area contributed by atoms with Gasteiger partial charge in [-0.1, -0.05) is 24.3 Å². The Hall–Kier alpha value is -2.89. The molecule has 5 nitrogen and oxygen atoms in total. The third kappa shape index (κ3) is 5.31. The lowest BCUT2D eigenvalue weighted by Gasteiger charge is -2.14. The van der Waals surface area contributed by atoms with Crippen LogP contribution in [0, 0.1) is 12.7 Å². The Kier molecular flexibility index (Phi) is 6.11. The Morgan fingerprint density at radius 2 is 1.84 bits per heavy atom. The highest BCUT2D eigenvalue weighted by molar-refractivity contribution is 6.39. The average molecular weight is 344 g/mol. The summed E-state index contributed by atoms with van der Waals surface area (Å²) in [5.41, 5.74) is 1.45. The molecule has 0 aromatic heterocycles. The highest BCUT2D eigenvalue weighted by Crippen LogP contribution is 2.19. The molecule has 0 aliphatic rings. The fraction of sp³-hybridized carbons (Fsp3) is 0.263. The molecule has 2 amide bonds. The molecule has 0 unspecified atom stereocenters. The first-order chi connectivity index (χ1) is 11.9. The second kappa shape index (κ2) is 8.28. The van der Waals surface area contributed by atoms with E-state index < -0.39 is 17.6 Å². The van der Waals surface area contributed by atoms with E-state index >= 15 is 0 Å². The number of hydrogen-bond acceptors (Lipinski definition) is 3. The number of amides is 2. The average Bonchev–Trinajstić information content (AvgIpc) is 2.56. The van der Waals surface area contributed by atoms with Gasteiger partial charge in [-0.05, 0) is 44.5 Å². The van der Waals surface area contributed by atoms with Gasteiger partial charge >= 0.3 is 11.8 Å². The molecule has 0 atom stereocenters. The molecule has 0 saturated heterocycles. The smallest absolute Gasteiger partial charge is 0.313 e. The molecule has 6 heteroatoms. The molecule has 0 heterocycles. The molecule has 2 aromatic carbocycles. The minimum atomic E-state index is -0.856. The number of rotatable bonds is 5. The lowest BCUT2D eigenvalue weighted by atomic mass is 10.2. The molecule has 0 radical (unpaired) electrons. The molecule has 25 heavy (non-hydrogen) atoms. The molecule has 0 saturated carbocycles. The first-order valence-electron chi connectivity index (χ1n) is 7.96. The van der Waals surface area contributed by atoms with Gasteiger partial charge in [-0.3, -0.25) is 9.59 Å². The third-order valence-corrected chi connectivity index (χ3v) is 3.41. The fourth-order valence-corrected chi connectivity index (χ4v) is 2.13. The topological polar surface area (TPSA) is 67.4 Å². The molecular weight excluding hydrogens is 323 g/mol. The molecule has 2 aromatic rings. The Labute approximate surface area is 146 Å². The fourth-order valence-electron chi connectivity index (χ4n) is 2.13. The lowest BCUT2D eigenvalue weighted by molar-refractivity contribution is -0.136. The zero-order valence-electron chi connectivity index (χ0n) is 14.4. The quantitative estimate of drug-likeness (QED) is 0.819. The highest BCUT2D eigenvalue weighted by atomic mass is 19.1. The number of anilines is 1. The van der Waals surface area contributed by atoms with E-state index in [-0.39, 0.29) is 18.3 Å². The zero-order valence-corrected chi connectivity index (χ0v) is 14.4. The summed E-state index contributed by atoms with van der Waals surface area (Å²) in [7, 11) is 0. The molecule has 0 bridgehead atoms. The largest absolute Gasteiger partial charge is 0.491 e. The summed E-state index contributed by atoms with van der Waals surface area (Å²) in [6.45, 7) is 5.58. The Morgan fingerprint density at radius 3 is 2.52 bits per heavy atom. The number of carbonyl (C=O) groups excluding carboxylic acids is 2. The van der Waals surface area contributed by atoms with Crippen LogP contribution >= 0.6 is 0 Å². The number of carbonyl (C=O) groups is 2. The standard InChI is InChI=1S/C19H21FN2O3/c1-12(2)25-17-7-5-4-6-14(17)11-21-18(23)19(24)22-15-9-8-13(3)16(20)10-15/h4-10,12H,11H2,1-3H3,(H,21,23)(H,22,24). The maximum atomic E-state index is 13.5. The Bertz CT molecular complexity index is 775. The summed E-state index contributed by atoms with van der Waals surface area (Å²) in [6, 6.07) is 11.5. The van der Waals surface area contributed by atoms with Gasteiger partial charge in [-0.2, -0.15) is 0 Å². The number of hydrogen-bond donors (Lipinski definition) is 2. The minimum absolute atomic E-state index is 0.00316.